The molecule has 24 heavy (non-hydrogen) atoms. The first-order valence-electron chi connectivity index (χ1n) is 8.94. The van der Waals surface area contributed by atoms with Gasteiger partial charge in [-0.15, -0.1) is 5.10 Å². The summed E-state index contributed by atoms with van der Waals surface area (Å²) in [6.45, 7) is 3.00. The highest BCUT2D eigenvalue weighted by Crippen LogP contribution is 2.30. The van der Waals surface area contributed by atoms with E-state index in [2.05, 4.69) is 20.8 Å². The van der Waals surface area contributed by atoms with Gasteiger partial charge >= 0.3 is 0 Å². The predicted molar refractivity (Wildman–Crippen MR) is 87.1 cm³/mol. The van der Waals surface area contributed by atoms with E-state index in [1.165, 1.54) is 26.2 Å². The minimum absolute atomic E-state index is 0.0226. The summed E-state index contributed by atoms with van der Waals surface area (Å²) in [5, 5.41) is 14.9. The van der Waals surface area contributed by atoms with Crippen LogP contribution in [0.25, 0.3) is 0 Å². The molecule has 2 heterocycles. The molecule has 0 radical (unpaired) electrons. The Morgan fingerprint density at radius 1 is 1.17 bits per heavy atom. The van der Waals surface area contributed by atoms with Crippen LogP contribution in [0.3, 0.4) is 0 Å². The molecule has 1 saturated heterocycles. The number of likely N-dealkylation sites (tertiary alicyclic amines) is 1. The lowest BCUT2D eigenvalue weighted by molar-refractivity contribution is -0.134. The van der Waals surface area contributed by atoms with Gasteiger partial charge in [-0.1, -0.05) is 19.3 Å². The molecule has 3 rings (SSSR count). The van der Waals surface area contributed by atoms with Gasteiger partial charge in [0, 0.05) is 32.0 Å². The second-order valence-electron chi connectivity index (χ2n) is 6.91. The highest BCUT2D eigenvalue weighted by molar-refractivity contribution is 5.76. The molecule has 0 aromatic carbocycles. The first kappa shape index (κ1) is 16.9. The Morgan fingerprint density at radius 3 is 2.71 bits per heavy atom. The number of hydrogen-bond acceptors (Lipinski definition) is 5. The third-order valence-electron chi connectivity index (χ3n) is 5.00. The van der Waals surface area contributed by atoms with Gasteiger partial charge in [0.2, 0.25) is 11.8 Å². The number of tetrazole rings is 1. The van der Waals surface area contributed by atoms with Crippen LogP contribution in [0.15, 0.2) is 0 Å². The maximum atomic E-state index is 12.6. The Morgan fingerprint density at radius 2 is 1.96 bits per heavy atom. The summed E-state index contributed by atoms with van der Waals surface area (Å²) in [5.74, 6) is 1.19. The van der Waals surface area contributed by atoms with Crippen molar-refractivity contribution in [3.05, 3.63) is 5.82 Å². The van der Waals surface area contributed by atoms with Crippen molar-refractivity contribution >= 4 is 11.8 Å². The van der Waals surface area contributed by atoms with E-state index in [0.29, 0.717) is 12.5 Å². The maximum absolute atomic E-state index is 12.6. The zero-order valence-corrected chi connectivity index (χ0v) is 14.3. The van der Waals surface area contributed by atoms with Crippen LogP contribution in [-0.4, -0.2) is 56.1 Å². The summed E-state index contributed by atoms with van der Waals surface area (Å²) in [6, 6.07) is 0.0480. The third-order valence-corrected chi connectivity index (χ3v) is 5.00. The second kappa shape index (κ2) is 7.72. The number of nitrogens with zero attached hydrogens (tertiary/aromatic N) is 5. The summed E-state index contributed by atoms with van der Waals surface area (Å²) < 4.78 is 1.67. The van der Waals surface area contributed by atoms with Crippen LogP contribution in [0.4, 0.5) is 0 Å². The van der Waals surface area contributed by atoms with E-state index in [-0.39, 0.29) is 24.4 Å². The van der Waals surface area contributed by atoms with Gasteiger partial charge in [0.05, 0.1) is 0 Å². The first-order valence-corrected chi connectivity index (χ1v) is 8.94. The molecule has 132 valence electrons. The number of piperidine rings is 1. The van der Waals surface area contributed by atoms with Gasteiger partial charge in [0.25, 0.3) is 0 Å². The Labute approximate surface area is 142 Å². The number of rotatable bonds is 4. The fourth-order valence-corrected chi connectivity index (χ4v) is 3.81. The fraction of sp³-hybridized carbons (Fsp3) is 0.812. The van der Waals surface area contributed by atoms with Crippen LogP contribution in [0, 0.1) is 0 Å². The Hall–Kier alpha value is -1.99. The van der Waals surface area contributed by atoms with Crippen molar-refractivity contribution in [2.45, 2.75) is 70.4 Å². The Balaban J connectivity index is 1.60. The maximum Gasteiger partial charge on any atom is 0.244 e. The molecular formula is C16H26N6O2. The van der Waals surface area contributed by atoms with E-state index in [1.54, 1.807) is 4.68 Å². The topological polar surface area (TPSA) is 93.0 Å². The Bertz CT molecular complexity index is 581. The summed E-state index contributed by atoms with van der Waals surface area (Å²) in [4.78, 5) is 25.7. The number of nitrogens with one attached hydrogen (secondary N) is 1. The van der Waals surface area contributed by atoms with Gasteiger partial charge in [-0.05, 0) is 36.1 Å². The summed E-state index contributed by atoms with van der Waals surface area (Å²) >= 11 is 0. The summed E-state index contributed by atoms with van der Waals surface area (Å²) in [6.07, 6.45) is 7.70. The normalized spacial score (nSPS) is 22.4. The molecule has 1 unspecified atom stereocenters. The summed E-state index contributed by atoms with van der Waals surface area (Å²) in [7, 11) is 0. The average Bonchev–Trinajstić information content (AvgIpc) is 3.03. The van der Waals surface area contributed by atoms with E-state index in [9.17, 15) is 9.59 Å². The van der Waals surface area contributed by atoms with Crippen LogP contribution >= 0.6 is 0 Å². The van der Waals surface area contributed by atoms with E-state index in [1.807, 2.05) is 4.90 Å². The number of carbonyl (C=O) groups excluding carboxylic acids is 2. The van der Waals surface area contributed by atoms with Crippen LogP contribution in [0.5, 0.6) is 0 Å². The van der Waals surface area contributed by atoms with Crippen molar-refractivity contribution in [1.82, 2.24) is 30.4 Å². The molecule has 1 aliphatic carbocycles. The average molecular weight is 334 g/mol. The van der Waals surface area contributed by atoms with Crippen molar-refractivity contribution in [1.29, 1.82) is 0 Å². The largest absolute Gasteiger partial charge is 0.352 e. The minimum Gasteiger partial charge on any atom is -0.352 e. The van der Waals surface area contributed by atoms with E-state index in [4.69, 9.17) is 0 Å². The van der Waals surface area contributed by atoms with Crippen molar-refractivity contribution < 1.29 is 9.59 Å². The zero-order chi connectivity index (χ0) is 16.9. The molecule has 2 aliphatic rings. The van der Waals surface area contributed by atoms with Crippen LogP contribution in [-0.2, 0) is 16.1 Å². The predicted octanol–water partition coefficient (Wildman–Crippen LogP) is 0.848. The molecule has 1 N–H and O–H groups in total. The molecule has 1 aromatic heterocycles. The monoisotopic (exact) mass is 334 g/mol. The standard InChI is InChI=1S/C16H26N6O2/c1-12(23)17-14-8-5-9-21(10-14)15(24)11-22-16(18-19-20-22)13-6-3-2-4-7-13/h13-14H,2-11H2,1H3,(H,17,23). The number of hydrogen-bond donors (Lipinski definition) is 1. The van der Waals surface area contributed by atoms with Crippen molar-refractivity contribution in [3.8, 4) is 0 Å². The van der Waals surface area contributed by atoms with Gasteiger partial charge in [-0.3, -0.25) is 9.59 Å². The molecule has 2 amide bonds. The number of amides is 2. The van der Waals surface area contributed by atoms with E-state index >= 15 is 0 Å². The van der Waals surface area contributed by atoms with Crippen LogP contribution in [0.2, 0.25) is 0 Å². The quantitative estimate of drug-likeness (QED) is 0.881. The highest BCUT2D eigenvalue weighted by atomic mass is 16.2. The Kier molecular flexibility index (Phi) is 5.42. The molecule has 1 aromatic rings. The SMILES string of the molecule is CC(=O)NC1CCCN(C(=O)Cn2nnnc2C2CCCCC2)C1. The van der Waals surface area contributed by atoms with E-state index < -0.39 is 0 Å². The zero-order valence-electron chi connectivity index (χ0n) is 14.3. The van der Waals surface area contributed by atoms with Crippen LogP contribution < -0.4 is 5.32 Å². The second-order valence-corrected chi connectivity index (χ2v) is 6.91. The molecule has 0 bridgehead atoms. The van der Waals surface area contributed by atoms with Gasteiger partial charge in [0.1, 0.15) is 6.54 Å². The molecule has 1 saturated carbocycles. The lowest BCUT2D eigenvalue weighted by atomic mass is 9.89. The molecule has 1 atom stereocenters. The van der Waals surface area contributed by atoms with E-state index in [0.717, 1.165) is 38.1 Å². The van der Waals surface area contributed by atoms with Crippen molar-refractivity contribution in [2.24, 2.45) is 0 Å². The molecule has 8 heteroatoms. The fourth-order valence-electron chi connectivity index (χ4n) is 3.81. The molecular weight excluding hydrogens is 308 g/mol. The summed E-state index contributed by atoms with van der Waals surface area (Å²) in [5.41, 5.74) is 0. The van der Waals surface area contributed by atoms with Crippen molar-refractivity contribution in [3.63, 3.8) is 0 Å². The van der Waals surface area contributed by atoms with Gasteiger partial charge in [0.15, 0.2) is 5.82 Å². The van der Waals surface area contributed by atoms with Crippen molar-refractivity contribution in [2.75, 3.05) is 13.1 Å². The number of carbonyl (C=O) groups is 2. The third kappa shape index (κ3) is 4.10. The first-order chi connectivity index (χ1) is 11.6. The lowest BCUT2D eigenvalue weighted by Crippen LogP contribution is -2.50. The van der Waals surface area contributed by atoms with Gasteiger partial charge in [-0.2, -0.15) is 0 Å². The highest BCUT2D eigenvalue weighted by Gasteiger charge is 2.27. The minimum atomic E-state index is -0.0469. The number of aromatic nitrogens is 4. The van der Waals surface area contributed by atoms with Gasteiger partial charge < -0.3 is 10.2 Å². The van der Waals surface area contributed by atoms with Gasteiger partial charge in [-0.25, -0.2) is 4.68 Å². The smallest absolute Gasteiger partial charge is 0.244 e. The van der Waals surface area contributed by atoms with Crippen LogP contribution in [0.1, 0.15) is 63.6 Å². The molecule has 8 nitrogen and oxygen atoms in total. The molecule has 2 fully saturated rings. The lowest BCUT2D eigenvalue weighted by Gasteiger charge is -2.33. The molecule has 0 spiro atoms. The molecule has 1 aliphatic heterocycles.